The van der Waals surface area contributed by atoms with E-state index in [1.165, 1.54) is 11.3 Å². The second kappa shape index (κ2) is 5.63. The Bertz CT molecular complexity index is 645. The quantitative estimate of drug-likeness (QED) is 0.872. The predicted molar refractivity (Wildman–Crippen MR) is 85.0 cm³/mol. The summed E-state index contributed by atoms with van der Waals surface area (Å²) in [5.41, 5.74) is 0. The zero-order chi connectivity index (χ0) is 16.0. The fraction of sp³-hybridized carbons (Fsp3) is 0.562. The molecule has 0 spiro atoms. The molecule has 7 heteroatoms. The van der Waals surface area contributed by atoms with Crippen molar-refractivity contribution in [3.63, 3.8) is 0 Å². The van der Waals surface area contributed by atoms with Gasteiger partial charge in [0.2, 0.25) is 11.8 Å². The van der Waals surface area contributed by atoms with Crippen LogP contribution in [-0.4, -0.2) is 58.7 Å². The highest BCUT2D eigenvalue weighted by Gasteiger charge is 2.52. The Labute approximate surface area is 138 Å². The molecule has 0 bridgehead atoms. The van der Waals surface area contributed by atoms with Crippen LogP contribution in [0, 0.1) is 0 Å². The Morgan fingerprint density at radius 1 is 1.13 bits per heavy atom. The number of amides is 3. The van der Waals surface area contributed by atoms with Crippen LogP contribution in [0.15, 0.2) is 17.5 Å². The zero-order valence-corrected chi connectivity index (χ0v) is 13.6. The third-order valence-corrected chi connectivity index (χ3v) is 5.94. The van der Waals surface area contributed by atoms with Crippen LogP contribution < -0.4 is 5.32 Å². The summed E-state index contributed by atoms with van der Waals surface area (Å²) in [6.07, 6.45) is 3.35. The van der Waals surface area contributed by atoms with Gasteiger partial charge in [-0.1, -0.05) is 6.07 Å². The van der Waals surface area contributed by atoms with Crippen LogP contribution in [0.25, 0.3) is 0 Å². The second-order valence-electron chi connectivity index (χ2n) is 6.37. The molecule has 3 saturated heterocycles. The number of hydrogen-bond acceptors (Lipinski definition) is 4. The van der Waals surface area contributed by atoms with Gasteiger partial charge in [0.05, 0.1) is 10.9 Å². The predicted octanol–water partition coefficient (Wildman–Crippen LogP) is 0.842. The Kier molecular flexibility index (Phi) is 3.60. The summed E-state index contributed by atoms with van der Waals surface area (Å²) in [6.45, 7) is 1.21. The fourth-order valence-electron chi connectivity index (χ4n) is 3.96. The van der Waals surface area contributed by atoms with Gasteiger partial charge in [-0.05, 0) is 37.1 Å². The standard InChI is InChI=1S/C16H19N3O3S/c20-14(12-5-3-9-23-12)17-10-6-8-19-13(10)16(22)18-7-2-1-4-11(18)15(19)21/h3,5,9-11,13H,1-2,4,6-8H2,(H,17,20). The van der Waals surface area contributed by atoms with Crippen molar-refractivity contribution in [2.75, 3.05) is 13.1 Å². The summed E-state index contributed by atoms with van der Waals surface area (Å²) in [4.78, 5) is 41.9. The van der Waals surface area contributed by atoms with E-state index in [9.17, 15) is 14.4 Å². The Hall–Kier alpha value is -1.89. The van der Waals surface area contributed by atoms with Gasteiger partial charge in [-0.2, -0.15) is 0 Å². The van der Waals surface area contributed by atoms with E-state index in [0.29, 0.717) is 24.4 Å². The second-order valence-corrected chi connectivity index (χ2v) is 7.31. The maximum absolute atomic E-state index is 12.8. The molecule has 0 saturated carbocycles. The molecular formula is C16H19N3O3S. The first-order valence-electron chi connectivity index (χ1n) is 8.12. The lowest BCUT2D eigenvalue weighted by Crippen LogP contribution is -2.67. The number of rotatable bonds is 2. The minimum absolute atomic E-state index is 0.00304. The lowest BCUT2D eigenvalue weighted by atomic mass is 9.94. The molecule has 4 rings (SSSR count). The van der Waals surface area contributed by atoms with Gasteiger partial charge in [-0.3, -0.25) is 14.4 Å². The van der Waals surface area contributed by atoms with Crippen LogP contribution in [0.4, 0.5) is 0 Å². The molecule has 0 aliphatic carbocycles. The van der Waals surface area contributed by atoms with Crippen molar-refractivity contribution in [2.24, 2.45) is 0 Å². The highest BCUT2D eigenvalue weighted by atomic mass is 32.1. The first-order valence-corrected chi connectivity index (χ1v) is 9.00. The van der Waals surface area contributed by atoms with Crippen LogP contribution in [0.2, 0.25) is 0 Å². The molecule has 3 unspecified atom stereocenters. The van der Waals surface area contributed by atoms with Gasteiger partial charge in [0, 0.05) is 13.1 Å². The van der Waals surface area contributed by atoms with Gasteiger partial charge in [0.25, 0.3) is 5.91 Å². The van der Waals surface area contributed by atoms with Crippen molar-refractivity contribution in [3.8, 4) is 0 Å². The fourth-order valence-corrected chi connectivity index (χ4v) is 4.58. The molecule has 0 radical (unpaired) electrons. The molecule has 6 nitrogen and oxygen atoms in total. The molecule has 3 aliphatic rings. The van der Waals surface area contributed by atoms with Gasteiger partial charge in [0.15, 0.2) is 0 Å². The first kappa shape index (κ1) is 14.7. The molecule has 23 heavy (non-hydrogen) atoms. The number of fused-ring (bicyclic) bond motifs is 2. The third kappa shape index (κ3) is 2.34. The zero-order valence-electron chi connectivity index (χ0n) is 12.7. The topological polar surface area (TPSA) is 69.7 Å². The van der Waals surface area contributed by atoms with E-state index in [-0.39, 0.29) is 29.8 Å². The van der Waals surface area contributed by atoms with Gasteiger partial charge in [0.1, 0.15) is 12.1 Å². The largest absolute Gasteiger partial charge is 0.346 e. The summed E-state index contributed by atoms with van der Waals surface area (Å²) in [5, 5.41) is 4.81. The van der Waals surface area contributed by atoms with Crippen molar-refractivity contribution in [1.82, 2.24) is 15.1 Å². The summed E-state index contributed by atoms with van der Waals surface area (Å²) < 4.78 is 0. The van der Waals surface area contributed by atoms with E-state index in [4.69, 9.17) is 0 Å². The number of piperazine rings is 1. The molecule has 3 aliphatic heterocycles. The van der Waals surface area contributed by atoms with E-state index in [1.807, 2.05) is 11.4 Å². The Morgan fingerprint density at radius 3 is 2.78 bits per heavy atom. The van der Waals surface area contributed by atoms with E-state index in [0.717, 1.165) is 19.3 Å². The molecule has 1 aromatic heterocycles. The average molecular weight is 333 g/mol. The van der Waals surface area contributed by atoms with Crippen molar-refractivity contribution in [1.29, 1.82) is 0 Å². The van der Waals surface area contributed by atoms with Crippen LogP contribution in [0.3, 0.4) is 0 Å². The maximum atomic E-state index is 12.8. The normalized spacial score (nSPS) is 30.2. The molecule has 122 valence electrons. The smallest absolute Gasteiger partial charge is 0.261 e. The molecule has 3 fully saturated rings. The highest BCUT2D eigenvalue weighted by Crippen LogP contribution is 2.31. The van der Waals surface area contributed by atoms with Crippen molar-refractivity contribution in [3.05, 3.63) is 22.4 Å². The number of carbonyl (C=O) groups excluding carboxylic acids is 3. The van der Waals surface area contributed by atoms with Crippen molar-refractivity contribution >= 4 is 29.1 Å². The lowest BCUT2D eigenvalue weighted by molar-refractivity contribution is -0.161. The highest BCUT2D eigenvalue weighted by molar-refractivity contribution is 7.12. The maximum Gasteiger partial charge on any atom is 0.261 e. The minimum atomic E-state index is -0.527. The lowest BCUT2D eigenvalue weighted by Gasteiger charge is -2.45. The summed E-state index contributed by atoms with van der Waals surface area (Å²) in [7, 11) is 0. The summed E-state index contributed by atoms with van der Waals surface area (Å²) in [6, 6.07) is 2.50. The average Bonchev–Trinajstić information content (AvgIpc) is 3.22. The molecular weight excluding hydrogens is 314 g/mol. The number of nitrogens with one attached hydrogen (secondary N) is 1. The molecule has 0 aromatic carbocycles. The van der Waals surface area contributed by atoms with Crippen LogP contribution in [0.1, 0.15) is 35.4 Å². The third-order valence-electron chi connectivity index (χ3n) is 5.07. The molecule has 1 aromatic rings. The van der Waals surface area contributed by atoms with E-state index < -0.39 is 6.04 Å². The first-order chi connectivity index (χ1) is 11.2. The van der Waals surface area contributed by atoms with Gasteiger partial charge in [-0.25, -0.2) is 0 Å². The van der Waals surface area contributed by atoms with Crippen LogP contribution >= 0.6 is 11.3 Å². The monoisotopic (exact) mass is 333 g/mol. The number of carbonyl (C=O) groups is 3. The minimum Gasteiger partial charge on any atom is -0.346 e. The van der Waals surface area contributed by atoms with Gasteiger partial charge in [-0.15, -0.1) is 11.3 Å². The summed E-state index contributed by atoms with van der Waals surface area (Å²) in [5.74, 6) is -0.0988. The Morgan fingerprint density at radius 2 is 2.00 bits per heavy atom. The number of nitrogens with zero attached hydrogens (tertiary/aromatic N) is 2. The van der Waals surface area contributed by atoms with Crippen molar-refractivity contribution in [2.45, 2.75) is 43.8 Å². The molecule has 1 N–H and O–H groups in total. The molecule has 3 amide bonds. The molecule has 4 heterocycles. The van der Waals surface area contributed by atoms with Crippen LogP contribution in [-0.2, 0) is 9.59 Å². The number of piperidine rings is 1. The Balaban J connectivity index is 1.54. The van der Waals surface area contributed by atoms with E-state index in [2.05, 4.69) is 5.32 Å². The van der Waals surface area contributed by atoms with Gasteiger partial charge < -0.3 is 15.1 Å². The number of thiophene rings is 1. The van der Waals surface area contributed by atoms with Crippen molar-refractivity contribution < 1.29 is 14.4 Å². The number of hydrogen-bond donors (Lipinski definition) is 1. The molecule has 3 atom stereocenters. The summed E-state index contributed by atoms with van der Waals surface area (Å²) >= 11 is 1.38. The van der Waals surface area contributed by atoms with Crippen LogP contribution in [0.5, 0.6) is 0 Å². The SMILES string of the molecule is O=C(NC1CCN2C(=O)C3CCCCN3C(=O)C12)c1cccs1. The van der Waals surface area contributed by atoms with Gasteiger partial charge >= 0.3 is 0 Å². The van der Waals surface area contributed by atoms with E-state index in [1.54, 1.807) is 15.9 Å². The van der Waals surface area contributed by atoms with E-state index >= 15 is 0 Å².